The number of carbonyl (C=O) groups excluding carboxylic acids is 6. The molecule has 0 bridgehead atoms. The molecule has 0 saturated heterocycles. The van der Waals surface area contributed by atoms with E-state index in [2.05, 4.69) is 16.0 Å². The third-order valence-corrected chi connectivity index (χ3v) is 6.77. The quantitative estimate of drug-likeness (QED) is 0.131. The number of unbranched alkanes of at least 4 members (excludes halogenated alkanes) is 2. The van der Waals surface area contributed by atoms with Crippen molar-refractivity contribution in [3.05, 3.63) is 42.0 Å². The highest BCUT2D eigenvalue weighted by atomic mass is 16.3. The molecule has 2 rings (SSSR count). The van der Waals surface area contributed by atoms with Gasteiger partial charge in [-0.25, -0.2) is 4.79 Å². The summed E-state index contributed by atoms with van der Waals surface area (Å²) in [4.78, 5) is 74.4. The molecule has 0 saturated carbocycles. The number of Topliss-reactive ketones (excluding diaryl/α,β-unsaturated/α-hetero) is 1. The minimum absolute atomic E-state index is 0.105. The van der Waals surface area contributed by atoms with E-state index in [4.69, 9.17) is 5.73 Å². The van der Waals surface area contributed by atoms with Gasteiger partial charge in [0, 0.05) is 49.7 Å². The molecule has 224 valence electrons. The highest BCUT2D eigenvalue weighted by Crippen LogP contribution is 2.19. The molecule has 1 aliphatic heterocycles. The van der Waals surface area contributed by atoms with E-state index in [0.717, 1.165) is 4.90 Å². The number of imide groups is 1. The molecule has 0 radical (unpaired) electrons. The Balaban J connectivity index is 1.92. The van der Waals surface area contributed by atoms with Gasteiger partial charge in [0.1, 0.15) is 0 Å². The number of aliphatic hydroxyl groups is 1. The fourth-order valence-corrected chi connectivity index (χ4v) is 4.44. The predicted octanol–water partition coefficient (Wildman–Crippen LogP) is 1.77. The van der Waals surface area contributed by atoms with Crippen molar-refractivity contribution < 1.29 is 33.9 Å². The highest BCUT2D eigenvalue weighted by Gasteiger charge is 2.29. The summed E-state index contributed by atoms with van der Waals surface area (Å²) in [5.74, 6) is -2.51. The first kappa shape index (κ1) is 33.1. The van der Waals surface area contributed by atoms with Crippen LogP contribution < -0.4 is 21.7 Å². The maximum absolute atomic E-state index is 13.3. The zero-order valence-electron chi connectivity index (χ0n) is 23.7. The molecule has 0 spiro atoms. The Bertz CT molecular complexity index is 1100. The third-order valence-electron chi connectivity index (χ3n) is 6.77. The van der Waals surface area contributed by atoms with Gasteiger partial charge in [0.25, 0.3) is 11.8 Å². The van der Waals surface area contributed by atoms with Gasteiger partial charge in [-0.15, -0.1) is 0 Å². The van der Waals surface area contributed by atoms with Gasteiger partial charge in [-0.05, 0) is 49.3 Å². The molecule has 12 nitrogen and oxygen atoms in total. The van der Waals surface area contributed by atoms with Crippen molar-refractivity contribution in [3.63, 3.8) is 0 Å². The molecule has 41 heavy (non-hydrogen) atoms. The largest absolute Gasteiger partial charge is 0.392 e. The molecule has 12 heteroatoms. The van der Waals surface area contributed by atoms with Crippen LogP contribution in [0.1, 0.15) is 64.4 Å². The van der Waals surface area contributed by atoms with Crippen LogP contribution >= 0.6 is 0 Å². The number of benzene rings is 1. The molecule has 1 heterocycles. The number of ketones is 1. The maximum Gasteiger partial charge on any atom is 0.312 e. The van der Waals surface area contributed by atoms with Crippen LogP contribution in [0.5, 0.6) is 0 Å². The second kappa shape index (κ2) is 16.9. The lowest BCUT2D eigenvalue weighted by Crippen LogP contribution is -2.45. The monoisotopic (exact) mass is 571 g/mol. The first-order valence-corrected chi connectivity index (χ1v) is 13.9. The highest BCUT2D eigenvalue weighted by molar-refractivity contribution is 6.12. The van der Waals surface area contributed by atoms with Gasteiger partial charge in [0.05, 0.1) is 12.6 Å². The fourth-order valence-electron chi connectivity index (χ4n) is 4.44. The van der Waals surface area contributed by atoms with Gasteiger partial charge < -0.3 is 26.8 Å². The standard InChI is InChI=1S/C29H41N5O7/c1-19(2)27(33-24(37)8-4-3-5-16-34-25(38)13-14-26(34)39)23(36)17-21(7-6-15-31-29(30)41)28(40)32-22-11-9-20(18-35)10-12-22/h9-14,19,21,27,35H,3-8,15-18H2,1-2H3,(H,32,40)(H,33,37)(H3,30,31,41)/t21-,27+/m1/s1. The molecule has 6 N–H and O–H groups in total. The number of primary amides is 1. The molecule has 1 aromatic carbocycles. The number of rotatable bonds is 18. The van der Waals surface area contributed by atoms with Crippen molar-refractivity contribution in [2.75, 3.05) is 18.4 Å². The van der Waals surface area contributed by atoms with Crippen LogP contribution in [0, 0.1) is 11.8 Å². The van der Waals surface area contributed by atoms with Crippen molar-refractivity contribution in [1.29, 1.82) is 0 Å². The first-order chi connectivity index (χ1) is 19.5. The number of urea groups is 1. The smallest absolute Gasteiger partial charge is 0.312 e. The Kier molecular flexibility index (Phi) is 13.7. The lowest BCUT2D eigenvalue weighted by Gasteiger charge is -2.24. The van der Waals surface area contributed by atoms with E-state index in [1.54, 1.807) is 24.3 Å². The normalized spacial score (nSPS) is 14.2. The maximum atomic E-state index is 13.3. The first-order valence-electron chi connectivity index (χ1n) is 13.9. The summed E-state index contributed by atoms with van der Waals surface area (Å²) in [6, 6.07) is 5.22. The molecule has 2 atom stereocenters. The zero-order valence-corrected chi connectivity index (χ0v) is 23.7. The molecular weight excluding hydrogens is 530 g/mol. The van der Waals surface area contributed by atoms with Crippen LogP contribution in [0.2, 0.25) is 0 Å². The van der Waals surface area contributed by atoms with E-state index >= 15 is 0 Å². The lowest BCUT2D eigenvalue weighted by atomic mass is 9.89. The van der Waals surface area contributed by atoms with Crippen LogP contribution in [-0.4, -0.2) is 64.6 Å². The van der Waals surface area contributed by atoms with Crippen molar-refractivity contribution in [3.8, 4) is 0 Å². The summed E-state index contributed by atoms with van der Waals surface area (Å²) in [7, 11) is 0. The van der Waals surface area contributed by atoms with Crippen LogP contribution in [-0.2, 0) is 30.6 Å². The fraction of sp³-hybridized carbons (Fsp3) is 0.517. The van der Waals surface area contributed by atoms with E-state index < -0.39 is 18.0 Å². The number of anilines is 1. The average Bonchev–Trinajstić information content (AvgIpc) is 3.25. The van der Waals surface area contributed by atoms with Gasteiger partial charge in [-0.3, -0.25) is 28.9 Å². The molecule has 0 unspecified atom stereocenters. The van der Waals surface area contributed by atoms with Crippen LogP contribution in [0.4, 0.5) is 10.5 Å². The van der Waals surface area contributed by atoms with E-state index in [1.165, 1.54) is 12.2 Å². The summed E-state index contributed by atoms with van der Waals surface area (Å²) in [6.07, 6.45) is 5.01. The lowest BCUT2D eigenvalue weighted by molar-refractivity contribution is -0.137. The number of nitrogens with two attached hydrogens (primary N) is 1. The van der Waals surface area contributed by atoms with Gasteiger partial charge in [-0.1, -0.05) is 32.4 Å². The number of nitrogens with one attached hydrogen (secondary N) is 3. The van der Waals surface area contributed by atoms with Gasteiger partial charge >= 0.3 is 6.03 Å². The summed E-state index contributed by atoms with van der Waals surface area (Å²) in [5.41, 5.74) is 6.32. The van der Waals surface area contributed by atoms with Crippen molar-refractivity contribution in [2.45, 2.75) is 71.4 Å². The summed E-state index contributed by atoms with van der Waals surface area (Å²) in [6.45, 7) is 4.05. The van der Waals surface area contributed by atoms with Crippen molar-refractivity contribution in [1.82, 2.24) is 15.5 Å². The molecule has 0 aliphatic carbocycles. The van der Waals surface area contributed by atoms with E-state index in [1.807, 2.05) is 13.8 Å². The van der Waals surface area contributed by atoms with Crippen molar-refractivity contribution in [2.24, 2.45) is 17.6 Å². The van der Waals surface area contributed by atoms with E-state index in [-0.39, 0.29) is 61.3 Å². The molecule has 6 amide bonds. The SMILES string of the molecule is CC(C)[C@H](NC(=O)CCCCCN1C(=O)C=CC1=O)C(=O)C[C@@H](CCCNC(N)=O)C(=O)Nc1ccc(CO)cc1. The Morgan fingerprint density at radius 1 is 0.951 bits per heavy atom. The van der Waals surface area contributed by atoms with Gasteiger partial charge in [0.2, 0.25) is 11.8 Å². The topological polar surface area (TPSA) is 188 Å². The Labute approximate surface area is 240 Å². The molecule has 0 aromatic heterocycles. The summed E-state index contributed by atoms with van der Waals surface area (Å²) in [5, 5.41) is 17.3. The molecule has 1 aromatic rings. The van der Waals surface area contributed by atoms with E-state index in [0.29, 0.717) is 49.9 Å². The van der Waals surface area contributed by atoms with Crippen LogP contribution in [0.3, 0.4) is 0 Å². The Morgan fingerprint density at radius 2 is 1.61 bits per heavy atom. The number of aliphatic hydroxyl groups excluding tert-OH is 1. The zero-order chi connectivity index (χ0) is 30.4. The van der Waals surface area contributed by atoms with Gasteiger partial charge in [-0.2, -0.15) is 0 Å². The second-order valence-corrected chi connectivity index (χ2v) is 10.4. The minimum Gasteiger partial charge on any atom is -0.392 e. The Morgan fingerprint density at radius 3 is 2.20 bits per heavy atom. The Hall–Kier alpha value is -4.06. The van der Waals surface area contributed by atoms with Crippen LogP contribution in [0.15, 0.2) is 36.4 Å². The number of nitrogens with zero attached hydrogens (tertiary/aromatic N) is 1. The average molecular weight is 572 g/mol. The summed E-state index contributed by atoms with van der Waals surface area (Å²) >= 11 is 0. The van der Waals surface area contributed by atoms with Gasteiger partial charge in [0.15, 0.2) is 5.78 Å². The number of hydrogen-bond acceptors (Lipinski definition) is 7. The van der Waals surface area contributed by atoms with Crippen LogP contribution in [0.25, 0.3) is 0 Å². The van der Waals surface area contributed by atoms with E-state index in [9.17, 15) is 33.9 Å². The van der Waals surface area contributed by atoms with Crippen molar-refractivity contribution >= 4 is 41.1 Å². The summed E-state index contributed by atoms with van der Waals surface area (Å²) < 4.78 is 0. The number of amides is 6. The minimum atomic E-state index is -0.781. The molecule has 0 fully saturated rings. The predicted molar refractivity (Wildman–Crippen MR) is 152 cm³/mol. The number of carbonyl (C=O) groups is 6. The number of hydrogen-bond donors (Lipinski definition) is 5. The second-order valence-electron chi connectivity index (χ2n) is 10.4. The molecular formula is C29H41N5O7. The third kappa shape index (κ3) is 11.5. The molecule has 1 aliphatic rings.